The van der Waals surface area contributed by atoms with E-state index in [1.54, 1.807) is 6.07 Å². The van der Waals surface area contributed by atoms with Crippen LogP contribution in [-0.4, -0.2) is 26.0 Å². The maximum absolute atomic E-state index is 14.7. The fraction of sp³-hybridized carbons (Fsp3) is 0.0476. The molecule has 0 saturated heterocycles. The summed E-state index contributed by atoms with van der Waals surface area (Å²) in [4.78, 5) is 11.1. The fourth-order valence-electron chi connectivity index (χ4n) is 3.22. The molecule has 0 unspecified atom stereocenters. The van der Waals surface area contributed by atoms with Crippen molar-refractivity contribution in [3.05, 3.63) is 82.1 Å². The first-order valence-electron chi connectivity index (χ1n) is 8.61. The molecule has 30 heavy (non-hydrogen) atoms. The van der Waals surface area contributed by atoms with Gasteiger partial charge in [0.05, 0.1) is 17.4 Å². The molecule has 5 nitrogen and oxygen atoms in total. The third-order valence-corrected chi connectivity index (χ3v) is 4.99. The van der Waals surface area contributed by atoms with Gasteiger partial charge in [0.1, 0.15) is 34.5 Å². The number of benzene rings is 3. The van der Waals surface area contributed by atoms with Gasteiger partial charge in [-0.05, 0) is 42.0 Å². The van der Waals surface area contributed by atoms with E-state index < -0.39 is 34.7 Å². The van der Waals surface area contributed by atoms with Crippen LogP contribution >= 0.6 is 11.6 Å². The first-order chi connectivity index (χ1) is 14.3. The van der Waals surface area contributed by atoms with Crippen LogP contribution in [-0.2, 0) is 6.54 Å². The molecule has 0 amide bonds. The number of aromatic hydroxyl groups is 1. The Bertz CT molecular complexity index is 1320. The molecule has 4 aromatic rings. The predicted octanol–water partition coefficient (Wildman–Crippen LogP) is 5.23. The largest absolute Gasteiger partial charge is 0.507 e. The molecule has 0 atom stereocenters. The second-order valence-corrected chi connectivity index (χ2v) is 6.94. The molecule has 1 aromatic heterocycles. The second kappa shape index (κ2) is 7.38. The number of aromatic nitrogens is 2. The minimum absolute atomic E-state index is 0.0166. The molecule has 2 N–H and O–H groups in total. The number of rotatable bonds is 4. The first-order valence-corrected chi connectivity index (χ1v) is 8.99. The summed E-state index contributed by atoms with van der Waals surface area (Å²) in [6.45, 7) is 0.0415. The Kier molecular flexibility index (Phi) is 4.87. The molecule has 0 aliphatic heterocycles. The molecular weight excluding hydrogens is 421 g/mol. The van der Waals surface area contributed by atoms with Crippen LogP contribution in [0, 0.1) is 17.5 Å². The lowest BCUT2D eigenvalue weighted by atomic mass is 10.0. The van der Waals surface area contributed by atoms with Crippen LogP contribution in [0.25, 0.3) is 22.2 Å². The Morgan fingerprint density at radius 1 is 1.07 bits per heavy atom. The SMILES string of the molecule is O=C(O)c1cc(F)c(-c2nn(Cc3ccc(F)cc3Cl)c3cccc(F)c23)cc1O. The van der Waals surface area contributed by atoms with Crippen molar-refractivity contribution in [1.82, 2.24) is 9.78 Å². The smallest absolute Gasteiger partial charge is 0.339 e. The Morgan fingerprint density at radius 2 is 1.83 bits per heavy atom. The van der Waals surface area contributed by atoms with Crippen molar-refractivity contribution >= 4 is 28.5 Å². The van der Waals surface area contributed by atoms with Crippen molar-refractivity contribution in [2.24, 2.45) is 0 Å². The standard InChI is InChI=1S/C21H12ClF3N2O3/c22-14-6-11(23)5-4-10(14)9-27-17-3-1-2-15(24)19(17)20(26-27)12-8-18(28)13(21(29)30)7-16(12)25/h1-8,28H,9H2,(H,29,30). The van der Waals surface area contributed by atoms with E-state index in [0.29, 0.717) is 17.1 Å². The molecule has 0 fully saturated rings. The highest BCUT2D eigenvalue weighted by atomic mass is 35.5. The highest BCUT2D eigenvalue weighted by molar-refractivity contribution is 6.31. The van der Waals surface area contributed by atoms with Crippen molar-refractivity contribution in [3.8, 4) is 17.0 Å². The predicted molar refractivity (Wildman–Crippen MR) is 104 cm³/mol. The minimum atomic E-state index is -1.51. The average molecular weight is 433 g/mol. The second-order valence-electron chi connectivity index (χ2n) is 6.53. The van der Waals surface area contributed by atoms with Gasteiger partial charge in [0.2, 0.25) is 0 Å². The average Bonchev–Trinajstić information content (AvgIpc) is 3.05. The van der Waals surface area contributed by atoms with Crippen LogP contribution in [0.1, 0.15) is 15.9 Å². The Hall–Kier alpha value is -3.52. The van der Waals surface area contributed by atoms with E-state index in [-0.39, 0.29) is 28.2 Å². The van der Waals surface area contributed by atoms with Gasteiger partial charge in [0.25, 0.3) is 0 Å². The first kappa shape index (κ1) is 19.8. The monoisotopic (exact) mass is 432 g/mol. The molecule has 3 aromatic carbocycles. The lowest BCUT2D eigenvalue weighted by Crippen LogP contribution is -2.03. The normalized spacial score (nSPS) is 11.2. The summed E-state index contributed by atoms with van der Waals surface area (Å²) in [6, 6.07) is 9.54. The molecule has 9 heteroatoms. The summed E-state index contributed by atoms with van der Waals surface area (Å²) in [5, 5.41) is 23.4. The summed E-state index contributed by atoms with van der Waals surface area (Å²) in [7, 11) is 0. The fourth-order valence-corrected chi connectivity index (χ4v) is 3.45. The molecule has 0 spiro atoms. The Balaban J connectivity index is 1.92. The van der Waals surface area contributed by atoms with Gasteiger partial charge < -0.3 is 10.2 Å². The molecule has 0 aliphatic carbocycles. The van der Waals surface area contributed by atoms with E-state index in [1.807, 2.05) is 0 Å². The van der Waals surface area contributed by atoms with Crippen molar-refractivity contribution < 1.29 is 28.2 Å². The van der Waals surface area contributed by atoms with E-state index in [4.69, 9.17) is 16.7 Å². The third kappa shape index (κ3) is 3.35. The highest BCUT2D eigenvalue weighted by Crippen LogP contribution is 2.35. The van der Waals surface area contributed by atoms with Crippen molar-refractivity contribution in [2.75, 3.05) is 0 Å². The van der Waals surface area contributed by atoms with Gasteiger partial charge in [-0.3, -0.25) is 4.68 Å². The lowest BCUT2D eigenvalue weighted by molar-refractivity contribution is 0.0693. The van der Waals surface area contributed by atoms with E-state index in [9.17, 15) is 23.1 Å². The van der Waals surface area contributed by atoms with E-state index >= 15 is 0 Å². The van der Waals surface area contributed by atoms with Crippen LogP contribution in [0.3, 0.4) is 0 Å². The molecule has 1 heterocycles. The number of aromatic carboxylic acids is 1. The number of carboxylic acid groups (broad SMARTS) is 1. The van der Waals surface area contributed by atoms with Gasteiger partial charge in [-0.25, -0.2) is 18.0 Å². The number of hydrogen-bond donors (Lipinski definition) is 2. The summed E-state index contributed by atoms with van der Waals surface area (Å²) >= 11 is 6.07. The van der Waals surface area contributed by atoms with Crippen molar-refractivity contribution in [2.45, 2.75) is 6.54 Å². The van der Waals surface area contributed by atoms with Crippen molar-refractivity contribution in [1.29, 1.82) is 0 Å². The lowest BCUT2D eigenvalue weighted by Gasteiger charge is -2.06. The molecule has 0 aliphatic rings. The number of phenols is 1. The summed E-state index contributed by atoms with van der Waals surface area (Å²) < 4.78 is 44.0. The summed E-state index contributed by atoms with van der Waals surface area (Å²) in [5.74, 6) is -4.37. The van der Waals surface area contributed by atoms with Gasteiger partial charge in [-0.1, -0.05) is 23.7 Å². The van der Waals surface area contributed by atoms with Crippen LogP contribution < -0.4 is 0 Å². The quantitative estimate of drug-likeness (QED) is 0.463. The molecule has 0 bridgehead atoms. The Morgan fingerprint density at radius 3 is 2.53 bits per heavy atom. The summed E-state index contributed by atoms with van der Waals surface area (Å²) in [6.07, 6.45) is 0. The number of halogens is 4. The zero-order chi connectivity index (χ0) is 21.6. The third-order valence-electron chi connectivity index (χ3n) is 4.63. The number of carbonyl (C=O) groups is 1. The summed E-state index contributed by atoms with van der Waals surface area (Å²) in [5.41, 5.74) is -0.199. The van der Waals surface area contributed by atoms with Gasteiger partial charge >= 0.3 is 5.97 Å². The molecule has 4 rings (SSSR count). The van der Waals surface area contributed by atoms with Crippen LogP contribution in [0.2, 0.25) is 5.02 Å². The van der Waals surface area contributed by atoms with Gasteiger partial charge in [-0.15, -0.1) is 0 Å². The van der Waals surface area contributed by atoms with Gasteiger partial charge in [0.15, 0.2) is 0 Å². The Labute approximate surface area is 172 Å². The minimum Gasteiger partial charge on any atom is -0.507 e. The van der Waals surface area contributed by atoms with Gasteiger partial charge in [0, 0.05) is 10.6 Å². The number of carboxylic acids is 1. The topological polar surface area (TPSA) is 75.3 Å². The molecule has 0 saturated carbocycles. The van der Waals surface area contributed by atoms with E-state index in [0.717, 1.165) is 12.1 Å². The number of fused-ring (bicyclic) bond motifs is 1. The molecule has 152 valence electrons. The number of hydrogen-bond acceptors (Lipinski definition) is 3. The van der Waals surface area contributed by atoms with Gasteiger partial charge in [-0.2, -0.15) is 5.10 Å². The highest BCUT2D eigenvalue weighted by Gasteiger charge is 2.22. The van der Waals surface area contributed by atoms with Crippen LogP contribution in [0.5, 0.6) is 5.75 Å². The van der Waals surface area contributed by atoms with Crippen molar-refractivity contribution in [3.63, 3.8) is 0 Å². The number of nitrogens with zero attached hydrogens (tertiary/aromatic N) is 2. The maximum atomic E-state index is 14.7. The van der Waals surface area contributed by atoms with Crippen LogP contribution in [0.15, 0.2) is 48.5 Å². The van der Waals surface area contributed by atoms with Crippen LogP contribution in [0.4, 0.5) is 13.2 Å². The maximum Gasteiger partial charge on any atom is 0.339 e. The zero-order valence-electron chi connectivity index (χ0n) is 15.0. The molecular formula is C21H12ClF3N2O3. The van der Waals surface area contributed by atoms with E-state index in [1.165, 1.54) is 28.9 Å². The molecule has 0 radical (unpaired) electrons. The zero-order valence-corrected chi connectivity index (χ0v) is 15.8. The van der Waals surface area contributed by atoms with E-state index in [2.05, 4.69) is 5.10 Å².